The molecule has 0 aromatic heterocycles. The summed E-state index contributed by atoms with van der Waals surface area (Å²) in [6.45, 7) is 3.30. The maximum Gasteiger partial charge on any atom is 0.214 e. The van der Waals surface area contributed by atoms with E-state index in [1.165, 1.54) is 4.31 Å². The van der Waals surface area contributed by atoms with Gasteiger partial charge in [0.25, 0.3) is 0 Å². The zero-order valence-electron chi connectivity index (χ0n) is 8.28. The van der Waals surface area contributed by atoms with E-state index in [1.54, 1.807) is 0 Å². The molecule has 0 bridgehead atoms. The van der Waals surface area contributed by atoms with Crippen LogP contribution in [0, 0.1) is 0 Å². The number of ether oxygens (including phenoxy) is 1. The van der Waals surface area contributed by atoms with Crippen LogP contribution in [-0.4, -0.2) is 50.2 Å². The molecule has 1 heterocycles. The van der Waals surface area contributed by atoms with Crippen LogP contribution in [-0.2, 0) is 14.8 Å². The first kappa shape index (κ1) is 12.2. The summed E-state index contributed by atoms with van der Waals surface area (Å²) in [4.78, 5) is 0. The normalized spacial score (nSPS) is 25.1. The van der Waals surface area contributed by atoms with Crippen molar-refractivity contribution in [3.05, 3.63) is 0 Å². The van der Waals surface area contributed by atoms with Gasteiger partial charge in [0.15, 0.2) is 0 Å². The first-order valence-corrected chi connectivity index (χ1v) is 6.86. The lowest BCUT2D eigenvalue weighted by Gasteiger charge is -2.30. The first-order chi connectivity index (χ1) is 6.56. The predicted octanol–water partition coefficient (Wildman–Crippen LogP) is 0.666. The second kappa shape index (κ2) is 5.30. The molecule has 1 atom stereocenters. The Balaban J connectivity index is 2.53. The highest BCUT2D eigenvalue weighted by Crippen LogP contribution is 2.11. The molecule has 4 nitrogen and oxygen atoms in total. The Bertz CT molecular complexity index is 268. The van der Waals surface area contributed by atoms with Crippen molar-refractivity contribution >= 4 is 21.6 Å². The zero-order chi connectivity index (χ0) is 10.6. The van der Waals surface area contributed by atoms with Crippen LogP contribution in [0.3, 0.4) is 0 Å². The van der Waals surface area contributed by atoms with Crippen LogP contribution in [0.1, 0.15) is 13.3 Å². The van der Waals surface area contributed by atoms with Crippen LogP contribution in [0.2, 0.25) is 0 Å². The quantitative estimate of drug-likeness (QED) is 0.680. The van der Waals surface area contributed by atoms with Crippen molar-refractivity contribution in [2.24, 2.45) is 0 Å². The maximum absolute atomic E-state index is 11.7. The second-order valence-electron chi connectivity index (χ2n) is 3.40. The zero-order valence-corrected chi connectivity index (χ0v) is 9.85. The molecule has 1 aliphatic rings. The average Bonchev–Trinajstić information content (AvgIpc) is 2.15. The fourth-order valence-corrected chi connectivity index (χ4v) is 3.25. The van der Waals surface area contributed by atoms with Gasteiger partial charge in [0.1, 0.15) is 0 Å². The summed E-state index contributed by atoms with van der Waals surface area (Å²) in [5.41, 5.74) is 0. The molecule has 1 unspecified atom stereocenters. The standard InChI is InChI=1S/C8H16ClNO3S/c1-8-7-10(4-5-13-8)14(11,12)6-2-3-9/h8H,2-7H2,1H3. The summed E-state index contributed by atoms with van der Waals surface area (Å²) < 4.78 is 30.2. The van der Waals surface area contributed by atoms with Crippen LogP contribution in [0.4, 0.5) is 0 Å². The Labute approximate surface area is 90.2 Å². The van der Waals surface area contributed by atoms with E-state index in [9.17, 15) is 8.42 Å². The van der Waals surface area contributed by atoms with Gasteiger partial charge in [-0.3, -0.25) is 0 Å². The number of morpholine rings is 1. The average molecular weight is 242 g/mol. The molecule has 0 N–H and O–H groups in total. The van der Waals surface area contributed by atoms with E-state index in [1.807, 2.05) is 6.92 Å². The molecular formula is C8H16ClNO3S. The minimum atomic E-state index is -3.11. The van der Waals surface area contributed by atoms with Crippen molar-refractivity contribution in [2.75, 3.05) is 31.3 Å². The summed E-state index contributed by atoms with van der Waals surface area (Å²) in [5, 5.41) is 0. The Kier molecular flexibility index (Phi) is 4.63. The van der Waals surface area contributed by atoms with Gasteiger partial charge in [-0.05, 0) is 13.3 Å². The number of hydrogen-bond donors (Lipinski definition) is 0. The van der Waals surface area contributed by atoms with E-state index in [2.05, 4.69) is 0 Å². The molecule has 1 fully saturated rings. The summed E-state index contributed by atoms with van der Waals surface area (Å²) in [7, 11) is -3.11. The predicted molar refractivity (Wildman–Crippen MR) is 56.1 cm³/mol. The summed E-state index contributed by atoms with van der Waals surface area (Å²) in [6, 6.07) is 0. The van der Waals surface area contributed by atoms with Gasteiger partial charge < -0.3 is 4.74 Å². The molecule has 1 saturated heterocycles. The van der Waals surface area contributed by atoms with Crippen LogP contribution in [0.25, 0.3) is 0 Å². The van der Waals surface area contributed by atoms with E-state index < -0.39 is 10.0 Å². The Morgan fingerprint density at radius 1 is 1.57 bits per heavy atom. The fraction of sp³-hybridized carbons (Fsp3) is 1.00. The lowest BCUT2D eigenvalue weighted by atomic mass is 10.3. The fourth-order valence-electron chi connectivity index (χ4n) is 1.41. The largest absolute Gasteiger partial charge is 0.376 e. The third-order valence-corrected chi connectivity index (χ3v) is 4.32. The van der Waals surface area contributed by atoms with Gasteiger partial charge >= 0.3 is 0 Å². The van der Waals surface area contributed by atoms with Crippen molar-refractivity contribution in [1.29, 1.82) is 0 Å². The summed E-state index contributed by atoms with van der Waals surface area (Å²) >= 11 is 5.47. The lowest BCUT2D eigenvalue weighted by molar-refractivity contribution is 0.0102. The van der Waals surface area contributed by atoms with Gasteiger partial charge in [-0.25, -0.2) is 8.42 Å². The highest BCUT2D eigenvalue weighted by molar-refractivity contribution is 7.89. The minimum absolute atomic E-state index is 0.00507. The number of hydrogen-bond acceptors (Lipinski definition) is 3. The van der Waals surface area contributed by atoms with E-state index in [-0.39, 0.29) is 11.9 Å². The Morgan fingerprint density at radius 2 is 2.29 bits per heavy atom. The third kappa shape index (κ3) is 3.38. The van der Waals surface area contributed by atoms with Crippen molar-refractivity contribution in [2.45, 2.75) is 19.4 Å². The second-order valence-corrected chi connectivity index (χ2v) is 5.86. The number of nitrogens with zero attached hydrogens (tertiary/aromatic N) is 1. The highest BCUT2D eigenvalue weighted by atomic mass is 35.5. The molecule has 6 heteroatoms. The van der Waals surface area contributed by atoms with Crippen LogP contribution >= 0.6 is 11.6 Å². The van der Waals surface area contributed by atoms with Gasteiger partial charge in [-0.1, -0.05) is 0 Å². The number of sulfonamides is 1. The number of halogens is 1. The molecule has 0 radical (unpaired) electrons. The Morgan fingerprint density at radius 3 is 2.86 bits per heavy atom. The molecule has 1 rings (SSSR count). The molecule has 0 amide bonds. The number of rotatable bonds is 4. The molecule has 14 heavy (non-hydrogen) atoms. The molecule has 0 saturated carbocycles. The van der Waals surface area contributed by atoms with Crippen molar-refractivity contribution < 1.29 is 13.2 Å². The van der Waals surface area contributed by atoms with Crippen molar-refractivity contribution in [3.63, 3.8) is 0 Å². The molecule has 0 aliphatic carbocycles. The SMILES string of the molecule is CC1CN(S(=O)(=O)CCCCl)CCO1. The van der Waals surface area contributed by atoms with E-state index >= 15 is 0 Å². The third-order valence-electron chi connectivity index (χ3n) is 2.13. The van der Waals surface area contributed by atoms with E-state index in [0.29, 0.717) is 32.0 Å². The molecule has 1 aliphatic heterocycles. The topological polar surface area (TPSA) is 46.6 Å². The van der Waals surface area contributed by atoms with Crippen LogP contribution in [0.5, 0.6) is 0 Å². The Hall–Kier alpha value is 0.160. The summed E-state index contributed by atoms with van der Waals surface area (Å²) in [6.07, 6.45) is 0.504. The molecule has 0 aromatic carbocycles. The van der Waals surface area contributed by atoms with Gasteiger partial charge in [0.05, 0.1) is 18.5 Å². The minimum Gasteiger partial charge on any atom is -0.376 e. The first-order valence-electron chi connectivity index (χ1n) is 4.71. The summed E-state index contributed by atoms with van der Waals surface area (Å²) in [5.74, 6) is 0.530. The molecule has 84 valence electrons. The molecule has 0 aromatic rings. The van der Waals surface area contributed by atoms with E-state index in [0.717, 1.165) is 0 Å². The van der Waals surface area contributed by atoms with Gasteiger partial charge in [-0.15, -0.1) is 11.6 Å². The van der Waals surface area contributed by atoms with Gasteiger partial charge in [-0.2, -0.15) is 4.31 Å². The maximum atomic E-state index is 11.7. The molecular weight excluding hydrogens is 226 g/mol. The lowest BCUT2D eigenvalue weighted by Crippen LogP contribution is -2.45. The van der Waals surface area contributed by atoms with Crippen LogP contribution in [0.15, 0.2) is 0 Å². The van der Waals surface area contributed by atoms with Crippen molar-refractivity contribution in [1.82, 2.24) is 4.31 Å². The monoisotopic (exact) mass is 241 g/mol. The van der Waals surface area contributed by atoms with Crippen LogP contribution < -0.4 is 0 Å². The van der Waals surface area contributed by atoms with E-state index in [4.69, 9.17) is 16.3 Å². The highest BCUT2D eigenvalue weighted by Gasteiger charge is 2.26. The van der Waals surface area contributed by atoms with Gasteiger partial charge in [0, 0.05) is 19.0 Å². The molecule has 0 spiro atoms. The van der Waals surface area contributed by atoms with Gasteiger partial charge in [0.2, 0.25) is 10.0 Å². The number of alkyl halides is 1. The smallest absolute Gasteiger partial charge is 0.214 e. The van der Waals surface area contributed by atoms with Crippen molar-refractivity contribution in [3.8, 4) is 0 Å².